The van der Waals surface area contributed by atoms with Gasteiger partial charge in [0.1, 0.15) is 0 Å². The molecular formula is C11H22U. The maximum Gasteiger partial charge on any atom is 2.00 e. The summed E-state index contributed by atoms with van der Waals surface area (Å²) in [6.45, 7) is 21.6. The van der Waals surface area contributed by atoms with Crippen molar-refractivity contribution in [3.8, 4) is 0 Å². The number of rotatable bonds is 0. The van der Waals surface area contributed by atoms with Crippen molar-refractivity contribution in [1.29, 1.82) is 0 Å². The molecule has 0 heterocycles. The standard InChI is InChI=1S/C11H22.U/c1-9(2,3)11(7,8)10(4,5)6;/h7-8H2,1-6H3;/q-2;+2. The molecule has 0 spiro atoms. The first kappa shape index (κ1) is 15.5. The monoisotopic (exact) mass is 392 g/mol. The molecule has 12 heavy (non-hydrogen) atoms. The first-order chi connectivity index (χ1) is 4.50. The molecule has 0 aromatic rings. The van der Waals surface area contributed by atoms with E-state index in [1.807, 2.05) is 0 Å². The van der Waals surface area contributed by atoms with Gasteiger partial charge in [-0.25, -0.2) is 0 Å². The van der Waals surface area contributed by atoms with E-state index in [4.69, 9.17) is 0 Å². The van der Waals surface area contributed by atoms with E-state index in [0.717, 1.165) is 0 Å². The zero-order chi connectivity index (χ0) is 9.50. The third-order valence-corrected chi connectivity index (χ3v) is 2.87. The van der Waals surface area contributed by atoms with Crippen LogP contribution in [-0.4, -0.2) is 0 Å². The summed E-state index contributed by atoms with van der Waals surface area (Å²) in [5.41, 5.74) is 0.191. The Morgan fingerprint density at radius 2 is 0.833 bits per heavy atom. The van der Waals surface area contributed by atoms with Crippen LogP contribution in [0.25, 0.3) is 0 Å². The molecule has 0 fully saturated rings. The van der Waals surface area contributed by atoms with Crippen LogP contribution >= 0.6 is 0 Å². The van der Waals surface area contributed by atoms with Crippen LogP contribution in [-0.2, 0) is 0 Å². The summed E-state index contributed by atoms with van der Waals surface area (Å²) >= 11 is 0. The molecule has 0 aromatic heterocycles. The Bertz CT molecular complexity index is 116. The minimum absolute atomic E-state index is 0. The Balaban J connectivity index is 0. The molecule has 0 amide bonds. The summed E-state index contributed by atoms with van der Waals surface area (Å²) in [7, 11) is 0. The van der Waals surface area contributed by atoms with E-state index in [9.17, 15) is 0 Å². The van der Waals surface area contributed by atoms with E-state index in [-0.39, 0.29) is 47.4 Å². The second-order valence-electron chi connectivity index (χ2n) is 5.58. The van der Waals surface area contributed by atoms with E-state index >= 15 is 0 Å². The Morgan fingerprint density at radius 3 is 0.833 bits per heavy atom. The SMILES string of the molecule is [CH2-]C([CH2-])(C(C)(C)C)C(C)(C)C.[U+2]. The van der Waals surface area contributed by atoms with Gasteiger partial charge >= 0.3 is 31.1 Å². The largest absolute Gasteiger partial charge is 2.00 e. The number of hydrogen-bond acceptors (Lipinski definition) is 0. The van der Waals surface area contributed by atoms with Crippen LogP contribution in [0.4, 0.5) is 0 Å². The van der Waals surface area contributed by atoms with Crippen molar-refractivity contribution in [3.63, 3.8) is 0 Å². The van der Waals surface area contributed by atoms with Crippen molar-refractivity contribution in [2.24, 2.45) is 16.2 Å². The molecule has 0 aliphatic heterocycles. The molecule has 0 atom stereocenters. The van der Waals surface area contributed by atoms with Crippen molar-refractivity contribution in [2.75, 3.05) is 0 Å². The summed E-state index contributed by atoms with van der Waals surface area (Å²) in [5, 5.41) is 0. The molecule has 0 saturated carbocycles. The third-order valence-electron chi connectivity index (χ3n) is 2.87. The Kier molecular flexibility index (Phi) is 5.25. The number of hydrogen-bond donors (Lipinski definition) is 0. The van der Waals surface area contributed by atoms with Crippen molar-refractivity contribution < 1.29 is 31.1 Å². The Hall–Kier alpha value is 1.05. The predicted octanol–water partition coefficient (Wildman–Crippen LogP) is 3.73. The summed E-state index contributed by atoms with van der Waals surface area (Å²) in [6.07, 6.45) is 0. The maximum absolute atomic E-state index is 4.20. The van der Waals surface area contributed by atoms with Crippen LogP contribution in [0, 0.1) is 61.2 Å². The Morgan fingerprint density at radius 1 is 0.667 bits per heavy atom. The van der Waals surface area contributed by atoms with Crippen molar-refractivity contribution in [1.82, 2.24) is 0 Å². The smallest absolute Gasteiger partial charge is 0.366 e. The third kappa shape index (κ3) is 3.08. The summed E-state index contributed by atoms with van der Waals surface area (Å²) in [5.74, 6) is 0. The van der Waals surface area contributed by atoms with Crippen LogP contribution < -0.4 is 0 Å². The fourth-order valence-corrected chi connectivity index (χ4v) is 1.12. The average molecular weight is 392 g/mol. The fraction of sp³-hybridized carbons (Fsp3) is 0.818. The van der Waals surface area contributed by atoms with Gasteiger partial charge < -0.3 is 13.8 Å². The van der Waals surface area contributed by atoms with Gasteiger partial charge in [-0.3, -0.25) is 5.41 Å². The molecule has 0 aliphatic rings. The predicted molar refractivity (Wildman–Crippen MR) is 52.1 cm³/mol. The van der Waals surface area contributed by atoms with Gasteiger partial charge in [0, 0.05) is 0 Å². The second-order valence-corrected chi connectivity index (χ2v) is 5.58. The first-order valence-electron chi connectivity index (χ1n) is 4.21. The maximum atomic E-state index is 4.20. The molecule has 0 aliphatic carbocycles. The van der Waals surface area contributed by atoms with Crippen molar-refractivity contribution in [3.05, 3.63) is 13.8 Å². The van der Waals surface area contributed by atoms with Crippen LogP contribution in [0.15, 0.2) is 0 Å². The van der Waals surface area contributed by atoms with Gasteiger partial charge in [0.15, 0.2) is 0 Å². The molecule has 0 rings (SSSR count). The summed E-state index contributed by atoms with van der Waals surface area (Å²) in [4.78, 5) is 0. The van der Waals surface area contributed by atoms with E-state index in [0.29, 0.717) is 0 Å². The van der Waals surface area contributed by atoms with E-state index in [2.05, 4.69) is 55.4 Å². The van der Waals surface area contributed by atoms with E-state index < -0.39 is 0 Å². The zero-order valence-electron chi connectivity index (χ0n) is 9.41. The molecule has 0 aromatic carbocycles. The molecule has 0 N–H and O–H groups in total. The summed E-state index contributed by atoms with van der Waals surface area (Å²) < 4.78 is 0. The minimum Gasteiger partial charge on any atom is -0.366 e. The van der Waals surface area contributed by atoms with Crippen LogP contribution in [0.2, 0.25) is 0 Å². The van der Waals surface area contributed by atoms with Gasteiger partial charge in [0.25, 0.3) is 0 Å². The van der Waals surface area contributed by atoms with Crippen molar-refractivity contribution in [2.45, 2.75) is 41.5 Å². The molecule has 70 valence electrons. The molecule has 1 heteroatoms. The van der Waals surface area contributed by atoms with Crippen molar-refractivity contribution >= 4 is 0 Å². The summed E-state index contributed by atoms with van der Waals surface area (Å²) in [6, 6.07) is 0. The fourth-order valence-electron chi connectivity index (χ4n) is 1.12. The molecule has 0 unspecified atom stereocenters. The van der Waals surface area contributed by atoms with Gasteiger partial charge in [-0.1, -0.05) is 52.4 Å². The normalized spacial score (nSPS) is 14.0. The first-order valence-corrected chi connectivity index (χ1v) is 4.21. The minimum atomic E-state index is -0.125. The van der Waals surface area contributed by atoms with Crippen LogP contribution in [0.1, 0.15) is 41.5 Å². The molecule has 0 bridgehead atoms. The van der Waals surface area contributed by atoms with Crippen LogP contribution in [0.5, 0.6) is 0 Å². The van der Waals surface area contributed by atoms with Gasteiger partial charge in [0.2, 0.25) is 0 Å². The average Bonchev–Trinajstić information content (AvgIpc) is 1.58. The van der Waals surface area contributed by atoms with E-state index in [1.54, 1.807) is 0 Å². The van der Waals surface area contributed by atoms with Gasteiger partial charge in [-0.15, -0.1) is 0 Å². The van der Waals surface area contributed by atoms with Gasteiger partial charge in [-0.2, -0.15) is 0 Å². The van der Waals surface area contributed by atoms with Gasteiger partial charge in [0.05, 0.1) is 0 Å². The zero-order valence-corrected chi connectivity index (χ0v) is 13.6. The second kappa shape index (κ2) is 4.06. The molecule has 0 nitrogen and oxygen atoms in total. The molecule has 0 saturated heterocycles. The topological polar surface area (TPSA) is 0 Å². The van der Waals surface area contributed by atoms with Gasteiger partial charge in [-0.05, 0) is 0 Å². The molecule has 0 radical (unpaired) electrons. The van der Waals surface area contributed by atoms with E-state index in [1.165, 1.54) is 0 Å². The Labute approximate surface area is 102 Å². The molecular weight excluding hydrogens is 370 g/mol. The quantitative estimate of drug-likeness (QED) is 0.551. The van der Waals surface area contributed by atoms with Crippen LogP contribution in [0.3, 0.4) is 0 Å².